The molecule has 0 unspecified atom stereocenters. The minimum absolute atomic E-state index is 0.355. The molecule has 1 aromatic rings. The fraction of sp³-hybridized carbons (Fsp3) is 0.400. The standard InChI is InChI=1S/C10H14BNO4S/c1-7(2)17(14,15)12-9-4-3-8-6-16-11(13)10(8)5-9/h3-5,7,12-13H,6H2,1-2H3. The summed E-state index contributed by atoms with van der Waals surface area (Å²) < 4.78 is 30.9. The van der Waals surface area contributed by atoms with Crippen molar-refractivity contribution in [1.82, 2.24) is 0 Å². The number of nitrogens with one attached hydrogen (secondary N) is 1. The molecule has 0 spiro atoms. The lowest BCUT2D eigenvalue weighted by atomic mass is 9.79. The Labute approximate surface area is 101 Å². The van der Waals surface area contributed by atoms with Crippen LogP contribution in [0, 0.1) is 0 Å². The van der Waals surface area contributed by atoms with Crippen LogP contribution in [0.2, 0.25) is 0 Å². The molecule has 0 amide bonds. The van der Waals surface area contributed by atoms with Gasteiger partial charge in [-0.1, -0.05) is 6.07 Å². The third kappa shape index (κ3) is 2.46. The van der Waals surface area contributed by atoms with E-state index < -0.39 is 22.4 Å². The van der Waals surface area contributed by atoms with Gasteiger partial charge in [-0.15, -0.1) is 0 Å². The first-order valence-electron chi connectivity index (χ1n) is 5.34. The summed E-state index contributed by atoms with van der Waals surface area (Å²) in [6, 6.07) is 5.02. The first-order chi connectivity index (χ1) is 7.90. The molecule has 1 aliphatic heterocycles. The van der Waals surface area contributed by atoms with Gasteiger partial charge in [0.15, 0.2) is 0 Å². The van der Waals surface area contributed by atoms with Crippen LogP contribution in [0.25, 0.3) is 0 Å². The molecule has 17 heavy (non-hydrogen) atoms. The van der Waals surface area contributed by atoms with E-state index in [1.165, 1.54) is 0 Å². The summed E-state index contributed by atoms with van der Waals surface area (Å²) in [7, 11) is -4.32. The van der Waals surface area contributed by atoms with Gasteiger partial charge in [-0.2, -0.15) is 0 Å². The molecule has 0 atom stereocenters. The van der Waals surface area contributed by atoms with Gasteiger partial charge in [-0.05, 0) is 37.0 Å². The molecule has 2 rings (SSSR count). The first-order valence-corrected chi connectivity index (χ1v) is 6.89. The largest absolute Gasteiger partial charge is 0.491 e. The minimum Gasteiger partial charge on any atom is -0.423 e. The van der Waals surface area contributed by atoms with Gasteiger partial charge in [0.2, 0.25) is 10.0 Å². The van der Waals surface area contributed by atoms with E-state index in [-0.39, 0.29) is 0 Å². The van der Waals surface area contributed by atoms with Crippen molar-refractivity contribution in [1.29, 1.82) is 0 Å². The SMILES string of the molecule is CC(C)S(=O)(=O)Nc1ccc2c(c1)B(O)OC2. The van der Waals surface area contributed by atoms with Crippen molar-refractivity contribution in [3.63, 3.8) is 0 Å². The molecule has 0 aromatic heterocycles. The molecular weight excluding hydrogens is 241 g/mol. The van der Waals surface area contributed by atoms with Crippen LogP contribution in [0.1, 0.15) is 19.4 Å². The van der Waals surface area contributed by atoms with E-state index in [0.29, 0.717) is 17.8 Å². The highest BCUT2D eigenvalue weighted by Crippen LogP contribution is 2.16. The Kier molecular flexibility index (Phi) is 3.16. The zero-order valence-electron chi connectivity index (χ0n) is 9.67. The number of fused-ring (bicyclic) bond motifs is 1. The van der Waals surface area contributed by atoms with Crippen LogP contribution >= 0.6 is 0 Å². The maximum Gasteiger partial charge on any atom is 0.491 e. The molecular formula is C10H14BNO4S. The van der Waals surface area contributed by atoms with Gasteiger partial charge in [-0.3, -0.25) is 4.72 Å². The van der Waals surface area contributed by atoms with E-state index in [2.05, 4.69) is 4.72 Å². The molecule has 0 fully saturated rings. The predicted molar refractivity (Wildman–Crippen MR) is 66.5 cm³/mol. The van der Waals surface area contributed by atoms with E-state index in [4.69, 9.17) is 4.65 Å². The maximum absolute atomic E-state index is 11.7. The lowest BCUT2D eigenvalue weighted by Crippen LogP contribution is -2.29. The highest BCUT2D eigenvalue weighted by Gasteiger charge is 2.27. The molecule has 0 saturated carbocycles. The normalized spacial score (nSPS) is 15.2. The second-order valence-corrected chi connectivity index (χ2v) is 6.51. The molecule has 1 aromatic carbocycles. The van der Waals surface area contributed by atoms with Crippen molar-refractivity contribution in [3.05, 3.63) is 23.8 Å². The van der Waals surface area contributed by atoms with Gasteiger partial charge in [0.25, 0.3) is 0 Å². The minimum atomic E-state index is -3.36. The lowest BCUT2D eigenvalue weighted by Gasteiger charge is -2.11. The van der Waals surface area contributed by atoms with Crippen molar-refractivity contribution < 1.29 is 18.1 Å². The van der Waals surface area contributed by atoms with Crippen LogP contribution in [-0.4, -0.2) is 25.8 Å². The Morgan fingerprint density at radius 1 is 1.47 bits per heavy atom. The number of rotatable bonds is 3. The molecule has 0 saturated heterocycles. The summed E-state index contributed by atoms with van der Waals surface area (Å²) in [6.07, 6.45) is 0. The van der Waals surface area contributed by atoms with E-state index in [1.54, 1.807) is 32.0 Å². The Morgan fingerprint density at radius 3 is 2.82 bits per heavy atom. The Balaban J connectivity index is 2.28. The Morgan fingerprint density at radius 2 is 2.18 bits per heavy atom. The molecule has 0 aliphatic carbocycles. The quantitative estimate of drug-likeness (QED) is 0.748. The van der Waals surface area contributed by atoms with Crippen molar-refractivity contribution in [2.45, 2.75) is 25.7 Å². The number of hydrogen-bond donors (Lipinski definition) is 2. The fourth-order valence-electron chi connectivity index (χ4n) is 1.56. The van der Waals surface area contributed by atoms with Crippen LogP contribution in [0.15, 0.2) is 18.2 Å². The summed E-state index contributed by atoms with van der Waals surface area (Å²) in [5, 5.41) is 9.01. The van der Waals surface area contributed by atoms with E-state index in [9.17, 15) is 13.4 Å². The van der Waals surface area contributed by atoms with Crippen molar-refractivity contribution >= 4 is 28.3 Å². The van der Waals surface area contributed by atoms with Crippen molar-refractivity contribution in [3.8, 4) is 0 Å². The third-order valence-corrected chi connectivity index (χ3v) is 4.45. The number of hydrogen-bond acceptors (Lipinski definition) is 4. The van der Waals surface area contributed by atoms with Crippen LogP contribution in [-0.2, 0) is 21.3 Å². The van der Waals surface area contributed by atoms with Crippen molar-refractivity contribution in [2.24, 2.45) is 0 Å². The molecule has 0 radical (unpaired) electrons. The van der Waals surface area contributed by atoms with Crippen LogP contribution in [0.5, 0.6) is 0 Å². The average molecular weight is 255 g/mol. The number of sulfonamides is 1. The number of anilines is 1. The fourth-order valence-corrected chi connectivity index (χ4v) is 2.25. The topological polar surface area (TPSA) is 75.6 Å². The van der Waals surface area contributed by atoms with Gasteiger partial charge in [0.1, 0.15) is 0 Å². The smallest absolute Gasteiger partial charge is 0.423 e. The third-order valence-electron chi connectivity index (χ3n) is 2.69. The highest BCUT2D eigenvalue weighted by molar-refractivity contribution is 7.93. The van der Waals surface area contributed by atoms with Crippen molar-refractivity contribution in [2.75, 3.05) is 4.72 Å². The summed E-state index contributed by atoms with van der Waals surface area (Å²) >= 11 is 0. The molecule has 92 valence electrons. The Hall–Kier alpha value is -1.05. The predicted octanol–water partition coefficient (Wildman–Crippen LogP) is 0.0544. The zero-order chi connectivity index (χ0) is 12.6. The maximum atomic E-state index is 11.7. The van der Waals surface area contributed by atoms with E-state index >= 15 is 0 Å². The summed E-state index contributed by atoms with van der Waals surface area (Å²) in [5.74, 6) is 0. The average Bonchev–Trinajstić information content (AvgIpc) is 2.60. The molecule has 1 heterocycles. The molecule has 1 aliphatic rings. The first kappa shape index (κ1) is 12.4. The molecule has 2 N–H and O–H groups in total. The Bertz CT molecular complexity index is 529. The van der Waals surface area contributed by atoms with Gasteiger partial charge in [-0.25, -0.2) is 8.42 Å². The zero-order valence-corrected chi connectivity index (χ0v) is 10.5. The van der Waals surface area contributed by atoms with Crippen LogP contribution in [0.3, 0.4) is 0 Å². The molecule has 0 bridgehead atoms. The summed E-state index contributed by atoms with van der Waals surface area (Å²) in [4.78, 5) is 0. The van der Waals surface area contributed by atoms with Gasteiger partial charge < -0.3 is 9.68 Å². The summed E-state index contributed by atoms with van der Waals surface area (Å²) in [5.41, 5.74) is 1.95. The van der Waals surface area contributed by atoms with Gasteiger partial charge >= 0.3 is 7.12 Å². The second kappa shape index (κ2) is 4.32. The monoisotopic (exact) mass is 255 g/mol. The molecule has 7 heteroatoms. The van der Waals surface area contributed by atoms with E-state index in [0.717, 1.165) is 5.56 Å². The molecule has 5 nitrogen and oxygen atoms in total. The van der Waals surface area contributed by atoms with Crippen LogP contribution in [0.4, 0.5) is 5.69 Å². The highest BCUT2D eigenvalue weighted by atomic mass is 32.2. The lowest BCUT2D eigenvalue weighted by molar-refractivity contribution is 0.275. The number of benzene rings is 1. The second-order valence-electron chi connectivity index (χ2n) is 4.27. The van der Waals surface area contributed by atoms with Gasteiger partial charge in [0.05, 0.1) is 11.9 Å². The van der Waals surface area contributed by atoms with Gasteiger partial charge in [0, 0.05) is 5.69 Å². The van der Waals surface area contributed by atoms with Crippen LogP contribution < -0.4 is 10.2 Å². The van der Waals surface area contributed by atoms with E-state index in [1.807, 2.05) is 0 Å². The summed E-state index contributed by atoms with van der Waals surface area (Å²) in [6.45, 7) is 3.56.